The molecule has 1 amide bonds. The summed E-state index contributed by atoms with van der Waals surface area (Å²) in [7, 11) is 0. The molecule has 3 nitrogen and oxygen atoms in total. The van der Waals surface area contributed by atoms with Gasteiger partial charge in [0, 0.05) is 18.3 Å². The van der Waals surface area contributed by atoms with Crippen molar-refractivity contribution in [2.45, 2.75) is 13.8 Å². The van der Waals surface area contributed by atoms with Crippen molar-refractivity contribution in [1.29, 1.82) is 0 Å². The summed E-state index contributed by atoms with van der Waals surface area (Å²) in [6.07, 6.45) is 3.31. The average molecular weight is 218 g/mol. The number of anilines is 1. The van der Waals surface area contributed by atoms with Crippen molar-refractivity contribution in [1.82, 2.24) is 5.32 Å². The van der Waals surface area contributed by atoms with E-state index in [1.807, 2.05) is 24.3 Å². The van der Waals surface area contributed by atoms with Gasteiger partial charge in [0.15, 0.2) is 0 Å². The number of hydrogen-bond donors (Lipinski definition) is 2. The van der Waals surface area contributed by atoms with Crippen molar-refractivity contribution >= 4 is 17.7 Å². The van der Waals surface area contributed by atoms with Gasteiger partial charge in [-0.3, -0.25) is 4.79 Å². The second-order valence-corrected chi connectivity index (χ2v) is 4.14. The molecule has 0 aliphatic heterocycles. The number of nitrogen functional groups attached to an aromatic ring is 1. The normalized spacial score (nSPS) is 10.9. The van der Waals surface area contributed by atoms with Gasteiger partial charge >= 0.3 is 0 Å². The van der Waals surface area contributed by atoms with Gasteiger partial charge in [-0.05, 0) is 29.7 Å². The molecule has 0 atom stereocenters. The lowest BCUT2D eigenvalue weighted by Gasteiger charge is -2.04. The number of nitrogens with one attached hydrogen (secondary N) is 1. The first-order valence-electron chi connectivity index (χ1n) is 5.39. The van der Waals surface area contributed by atoms with Crippen LogP contribution in [0.3, 0.4) is 0 Å². The van der Waals surface area contributed by atoms with Crippen LogP contribution in [-0.2, 0) is 4.79 Å². The fourth-order valence-electron chi connectivity index (χ4n) is 1.14. The summed E-state index contributed by atoms with van der Waals surface area (Å²) < 4.78 is 0. The number of hydrogen-bond acceptors (Lipinski definition) is 2. The Bertz CT molecular complexity index is 366. The van der Waals surface area contributed by atoms with E-state index in [1.165, 1.54) is 6.08 Å². The van der Waals surface area contributed by atoms with E-state index in [0.717, 1.165) is 11.3 Å². The predicted molar refractivity (Wildman–Crippen MR) is 67.7 cm³/mol. The molecule has 0 saturated carbocycles. The highest BCUT2D eigenvalue weighted by atomic mass is 16.1. The Labute approximate surface area is 96.3 Å². The summed E-state index contributed by atoms with van der Waals surface area (Å²) in [5, 5.41) is 2.81. The van der Waals surface area contributed by atoms with E-state index in [0.29, 0.717) is 12.5 Å². The van der Waals surface area contributed by atoms with Crippen LogP contribution in [0.5, 0.6) is 0 Å². The van der Waals surface area contributed by atoms with Crippen LogP contribution in [0.2, 0.25) is 0 Å². The monoisotopic (exact) mass is 218 g/mol. The lowest BCUT2D eigenvalue weighted by Crippen LogP contribution is -2.25. The van der Waals surface area contributed by atoms with Gasteiger partial charge in [0.2, 0.25) is 5.91 Å². The first kappa shape index (κ1) is 12.3. The quantitative estimate of drug-likeness (QED) is 0.600. The van der Waals surface area contributed by atoms with Gasteiger partial charge in [-0.2, -0.15) is 0 Å². The second kappa shape index (κ2) is 5.95. The molecule has 0 aliphatic rings. The molecule has 0 aromatic heterocycles. The van der Waals surface area contributed by atoms with Crippen molar-refractivity contribution in [3.63, 3.8) is 0 Å². The van der Waals surface area contributed by atoms with Crippen LogP contribution in [0.25, 0.3) is 6.08 Å². The number of nitrogens with two attached hydrogens (primary N) is 1. The van der Waals surface area contributed by atoms with Gasteiger partial charge in [0.05, 0.1) is 0 Å². The SMILES string of the molecule is CC(C)CNC(=O)/C=C/c1ccc(N)cc1. The molecule has 3 heteroatoms. The van der Waals surface area contributed by atoms with E-state index >= 15 is 0 Å². The summed E-state index contributed by atoms with van der Waals surface area (Å²) in [5.74, 6) is 0.402. The van der Waals surface area contributed by atoms with Crippen LogP contribution in [0.4, 0.5) is 5.69 Å². The fourth-order valence-corrected chi connectivity index (χ4v) is 1.14. The number of carbonyl (C=O) groups is 1. The Kier molecular flexibility index (Phi) is 4.58. The number of benzene rings is 1. The lowest BCUT2D eigenvalue weighted by atomic mass is 10.2. The molecule has 0 fully saturated rings. The van der Waals surface area contributed by atoms with Gasteiger partial charge in [0.1, 0.15) is 0 Å². The number of amides is 1. The van der Waals surface area contributed by atoms with Crippen molar-refractivity contribution in [2.24, 2.45) is 5.92 Å². The molecule has 0 radical (unpaired) electrons. The molecule has 0 aliphatic carbocycles. The maximum atomic E-state index is 11.4. The van der Waals surface area contributed by atoms with Crippen molar-refractivity contribution < 1.29 is 4.79 Å². The van der Waals surface area contributed by atoms with E-state index in [1.54, 1.807) is 6.08 Å². The van der Waals surface area contributed by atoms with E-state index in [-0.39, 0.29) is 5.91 Å². The Balaban J connectivity index is 2.47. The molecule has 16 heavy (non-hydrogen) atoms. The van der Waals surface area contributed by atoms with Crippen LogP contribution < -0.4 is 11.1 Å². The zero-order chi connectivity index (χ0) is 12.0. The van der Waals surface area contributed by atoms with Crippen LogP contribution in [0, 0.1) is 5.92 Å². The van der Waals surface area contributed by atoms with Gasteiger partial charge < -0.3 is 11.1 Å². The molecule has 1 aromatic rings. The highest BCUT2D eigenvalue weighted by Gasteiger charge is 1.97. The number of rotatable bonds is 4. The highest BCUT2D eigenvalue weighted by molar-refractivity contribution is 5.91. The van der Waals surface area contributed by atoms with Crippen LogP contribution >= 0.6 is 0 Å². The number of carbonyl (C=O) groups excluding carboxylic acids is 1. The molecule has 86 valence electrons. The minimum Gasteiger partial charge on any atom is -0.399 e. The van der Waals surface area contributed by atoms with Gasteiger partial charge in [-0.25, -0.2) is 0 Å². The van der Waals surface area contributed by atoms with Crippen LogP contribution in [0.15, 0.2) is 30.3 Å². The molecule has 1 rings (SSSR count). The summed E-state index contributed by atoms with van der Waals surface area (Å²) in [4.78, 5) is 11.4. The average Bonchev–Trinajstić information content (AvgIpc) is 2.25. The molecular formula is C13H18N2O. The fraction of sp³-hybridized carbons (Fsp3) is 0.308. The maximum absolute atomic E-state index is 11.4. The zero-order valence-electron chi connectivity index (χ0n) is 9.73. The first-order chi connectivity index (χ1) is 7.58. The molecular weight excluding hydrogens is 200 g/mol. The minimum absolute atomic E-state index is 0.0643. The summed E-state index contributed by atoms with van der Waals surface area (Å²) >= 11 is 0. The summed E-state index contributed by atoms with van der Waals surface area (Å²) in [5.41, 5.74) is 7.25. The van der Waals surface area contributed by atoms with E-state index < -0.39 is 0 Å². The predicted octanol–water partition coefficient (Wildman–Crippen LogP) is 2.05. The Hall–Kier alpha value is -1.77. The molecule has 0 spiro atoms. The molecule has 0 saturated heterocycles. The van der Waals surface area contributed by atoms with Gasteiger partial charge in [-0.15, -0.1) is 0 Å². The van der Waals surface area contributed by atoms with Crippen molar-refractivity contribution in [3.8, 4) is 0 Å². The standard InChI is InChI=1S/C13H18N2O/c1-10(2)9-15-13(16)8-5-11-3-6-12(14)7-4-11/h3-8,10H,9,14H2,1-2H3,(H,15,16)/b8-5+. The van der Waals surface area contributed by atoms with Gasteiger partial charge in [-0.1, -0.05) is 26.0 Å². The van der Waals surface area contributed by atoms with Gasteiger partial charge in [0.25, 0.3) is 0 Å². The van der Waals surface area contributed by atoms with Crippen molar-refractivity contribution in [3.05, 3.63) is 35.9 Å². The third-order valence-corrected chi connectivity index (χ3v) is 2.05. The van der Waals surface area contributed by atoms with E-state index in [4.69, 9.17) is 5.73 Å². The Morgan fingerprint density at radius 1 is 1.38 bits per heavy atom. The third-order valence-electron chi connectivity index (χ3n) is 2.05. The lowest BCUT2D eigenvalue weighted by molar-refractivity contribution is -0.116. The molecule has 3 N–H and O–H groups in total. The smallest absolute Gasteiger partial charge is 0.244 e. The maximum Gasteiger partial charge on any atom is 0.244 e. The van der Waals surface area contributed by atoms with E-state index in [9.17, 15) is 4.79 Å². The minimum atomic E-state index is -0.0643. The molecule has 0 unspecified atom stereocenters. The second-order valence-electron chi connectivity index (χ2n) is 4.14. The largest absolute Gasteiger partial charge is 0.399 e. The Morgan fingerprint density at radius 2 is 2.00 bits per heavy atom. The molecule has 0 bridgehead atoms. The summed E-state index contributed by atoms with van der Waals surface area (Å²) in [6, 6.07) is 7.38. The van der Waals surface area contributed by atoms with E-state index in [2.05, 4.69) is 19.2 Å². The van der Waals surface area contributed by atoms with Crippen LogP contribution in [-0.4, -0.2) is 12.5 Å². The topological polar surface area (TPSA) is 55.1 Å². The molecule has 0 heterocycles. The third kappa shape index (κ3) is 4.64. The first-order valence-corrected chi connectivity index (χ1v) is 5.39. The van der Waals surface area contributed by atoms with Crippen LogP contribution in [0.1, 0.15) is 19.4 Å². The zero-order valence-corrected chi connectivity index (χ0v) is 9.73. The molecule has 1 aromatic carbocycles. The summed E-state index contributed by atoms with van der Waals surface area (Å²) in [6.45, 7) is 4.82. The van der Waals surface area contributed by atoms with Crippen molar-refractivity contribution in [2.75, 3.05) is 12.3 Å². The Morgan fingerprint density at radius 3 is 2.56 bits per heavy atom. The highest BCUT2D eigenvalue weighted by Crippen LogP contribution is 2.06.